The van der Waals surface area contributed by atoms with E-state index in [4.69, 9.17) is 5.73 Å². The predicted molar refractivity (Wildman–Crippen MR) is 106 cm³/mol. The molecule has 0 spiro atoms. The van der Waals surface area contributed by atoms with E-state index in [1.54, 1.807) is 4.68 Å². The molecule has 3 heterocycles. The summed E-state index contributed by atoms with van der Waals surface area (Å²) in [5, 5.41) is 4.31. The number of thioether (sulfide) groups is 1. The number of hydrogen-bond acceptors (Lipinski definition) is 4. The minimum absolute atomic E-state index is 0.00957. The molecule has 2 saturated heterocycles. The summed E-state index contributed by atoms with van der Waals surface area (Å²) in [5.41, 5.74) is 7.05. The maximum absolute atomic E-state index is 12.8. The van der Waals surface area contributed by atoms with Gasteiger partial charge in [-0.25, -0.2) is 0 Å². The summed E-state index contributed by atoms with van der Waals surface area (Å²) in [6.45, 7) is 8.71. The van der Waals surface area contributed by atoms with E-state index in [9.17, 15) is 4.79 Å². The number of nitrogens with two attached hydrogens (primary N) is 1. The fourth-order valence-corrected chi connectivity index (χ4v) is 4.78. The van der Waals surface area contributed by atoms with Gasteiger partial charge in [0.25, 0.3) is 0 Å². The van der Waals surface area contributed by atoms with Gasteiger partial charge in [0, 0.05) is 67.8 Å². The zero-order valence-corrected chi connectivity index (χ0v) is 17.0. The summed E-state index contributed by atoms with van der Waals surface area (Å²) in [6.07, 6.45) is 4.37. The minimum atomic E-state index is -0.244. The Kier molecular flexibility index (Phi) is 5.50. The Morgan fingerprint density at radius 1 is 1.38 bits per heavy atom. The molecule has 3 rings (SSSR count). The lowest BCUT2D eigenvalue weighted by Crippen LogP contribution is -2.44. The Morgan fingerprint density at radius 2 is 2.08 bits per heavy atom. The van der Waals surface area contributed by atoms with Gasteiger partial charge in [0.2, 0.25) is 5.91 Å². The lowest BCUT2D eigenvalue weighted by Gasteiger charge is -2.38. The zero-order valence-electron chi connectivity index (χ0n) is 16.2. The zero-order chi connectivity index (χ0) is 18.9. The summed E-state index contributed by atoms with van der Waals surface area (Å²) < 4.78 is 1.79. The normalized spacial score (nSPS) is 25.2. The third kappa shape index (κ3) is 4.00. The van der Waals surface area contributed by atoms with Crippen LogP contribution in [0.5, 0.6) is 0 Å². The van der Waals surface area contributed by atoms with E-state index in [-0.39, 0.29) is 23.4 Å². The highest BCUT2D eigenvalue weighted by molar-refractivity contribution is 7.99. The van der Waals surface area contributed by atoms with E-state index in [1.807, 2.05) is 36.1 Å². The van der Waals surface area contributed by atoms with Crippen LogP contribution in [0.3, 0.4) is 0 Å². The molecule has 1 aromatic heterocycles. The van der Waals surface area contributed by atoms with Gasteiger partial charge >= 0.3 is 0 Å². The van der Waals surface area contributed by atoms with Crippen LogP contribution in [-0.4, -0.2) is 68.1 Å². The lowest BCUT2D eigenvalue weighted by atomic mass is 9.93. The fourth-order valence-electron chi connectivity index (χ4n) is 3.87. The second-order valence-electron chi connectivity index (χ2n) is 8.09. The number of rotatable bonds is 3. The summed E-state index contributed by atoms with van der Waals surface area (Å²) in [7, 11) is 1.90. The molecule has 2 N–H and O–H groups in total. The molecule has 144 valence electrons. The van der Waals surface area contributed by atoms with Crippen LogP contribution in [0.4, 0.5) is 0 Å². The topological polar surface area (TPSA) is 79.8 Å². The van der Waals surface area contributed by atoms with Gasteiger partial charge in [-0.3, -0.25) is 14.5 Å². The molecule has 1 aromatic rings. The molecule has 0 unspecified atom stereocenters. The minimum Gasteiger partial charge on any atom is -0.370 e. The van der Waals surface area contributed by atoms with Crippen molar-refractivity contribution in [3.63, 3.8) is 0 Å². The van der Waals surface area contributed by atoms with Gasteiger partial charge in [0.15, 0.2) is 5.96 Å². The number of aromatic nitrogens is 2. The quantitative estimate of drug-likeness (QED) is 0.636. The van der Waals surface area contributed by atoms with Crippen molar-refractivity contribution < 1.29 is 4.79 Å². The smallest absolute Gasteiger partial charge is 0.223 e. The van der Waals surface area contributed by atoms with Gasteiger partial charge in [-0.2, -0.15) is 16.9 Å². The number of aryl methyl sites for hydroxylation is 1. The second kappa shape index (κ2) is 7.50. The number of aliphatic imine (C=N–C) groups is 1. The molecule has 26 heavy (non-hydrogen) atoms. The molecule has 0 aliphatic carbocycles. The van der Waals surface area contributed by atoms with Crippen molar-refractivity contribution in [1.29, 1.82) is 0 Å². The largest absolute Gasteiger partial charge is 0.370 e. The number of guanidine groups is 1. The van der Waals surface area contributed by atoms with Crippen molar-refractivity contribution in [3.05, 3.63) is 18.0 Å². The highest BCUT2D eigenvalue weighted by Crippen LogP contribution is 2.42. The van der Waals surface area contributed by atoms with Crippen molar-refractivity contribution in [3.8, 4) is 0 Å². The second-order valence-corrected chi connectivity index (χ2v) is 9.31. The average Bonchev–Trinajstić information content (AvgIpc) is 3.15. The first-order chi connectivity index (χ1) is 12.3. The Hall–Kier alpha value is -1.70. The van der Waals surface area contributed by atoms with Crippen LogP contribution >= 0.6 is 11.8 Å². The van der Waals surface area contributed by atoms with Crippen LogP contribution in [0.2, 0.25) is 0 Å². The number of carbonyl (C=O) groups excluding carboxylic acids is 1. The van der Waals surface area contributed by atoms with Gasteiger partial charge in [-0.05, 0) is 20.8 Å². The predicted octanol–water partition coefficient (Wildman–Crippen LogP) is 1.47. The molecule has 0 bridgehead atoms. The van der Waals surface area contributed by atoms with E-state index in [1.165, 1.54) is 0 Å². The van der Waals surface area contributed by atoms with Gasteiger partial charge < -0.3 is 15.5 Å². The monoisotopic (exact) mass is 378 g/mol. The number of likely N-dealkylation sites (tertiary alicyclic amines) is 1. The molecule has 0 saturated carbocycles. The average molecular weight is 379 g/mol. The van der Waals surface area contributed by atoms with Crippen molar-refractivity contribution in [1.82, 2.24) is 19.6 Å². The fraction of sp³-hybridized carbons (Fsp3) is 0.722. The molecule has 2 aliphatic heterocycles. The standard InChI is InChI=1S/C18H30N6OS/c1-18(2,3)24-15(25)9-13(16(24)14-11-21-22(4)12-14)10-20-17(19)23-5-7-26-8-6-23/h11-13,16H,5-10H2,1-4H3,(H2,19,20)/t13-,16+/m0/s1. The van der Waals surface area contributed by atoms with E-state index < -0.39 is 0 Å². The summed E-state index contributed by atoms with van der Waals surface area (Å²) in [6, 6.07) is -0.00957. The van der Waals surface area contributed by atoms with Crippen LogP contribution in [0.25, 0.3) is 0 Å². The first kappa shape index (κ1) is 19.1. The first-order valence-corrected chi connectivity index (χ1v) is 10.4. The summed E-state index contributed by atoms with van der Waals surface area (Å²) in [4.78, 5) is 21.6. The highest BCUT2D eigenvalue weighted by Gasteiger charge is 2.45. The van der Waals surface area contributed by atoms with E-state index in [2.05, 4.69) is 35.8 Å². The van der Waals surface area contributed by atoms with Gasteiger partial charge in [-0.15, -0.1) is 0 Å². The van der Waals surface area contributed by atoms with Crippen molar-refractivity contribution >= 4 is 23.6 Å². The first-order valence-electron chi connectivity index (χ1n) is 9.20. The maximum atomic E-state index is 12.8. The van der Waals surface area contributed by atoms with Crippen LogP contribution < -0.4 is 5.73 Å². The number of hydrogen-bond donors (Lipinski definition) is 1. The van der Waals surface area contributed by atoms with E-state index in [0.717, 1.165) is 30.2 Å². The SMILES string of the molecule is Cn1cc([C@H]2[C@H](CN=C(N)N3CCSCC3)CC(=O)N2C(C)(C)C)cn1. The van der Waals surface area contributed by atoms with E-state index in [0.29, 0.717) is 18.9 Å². The molecule has 0 radical (unpaired) electrons. The molecule has 2 atom stereocenters. The van der Waals surface area contributed by atoms with E-state index >= 15 is 0 Å². The third-order valence-corrected chi connectivity index (χ3v) is 5.98. The number of nitrogens with zero attached hydrogens (tertiary/aromatic N) is 5. The van der Waals surface area contributed by atoms with Crippen molar-refractivity contribution in [2.45, 2.75) is 38.8 Å². The van der Waals surface area contributed by atoms with Gasteiger partial charge in [0.05, 0.1) is 12.2 Å². The van der Waals surface area contributed by atoms with Crippen molar-refractivity contribution in [2.24, 2.45) is 23.7 Å². The molecule has 8 heteroatoms. The molecule has 0 aromatic carbocycles. The van der Waals surface area contributed by atoms with Gasteiger partial charge in [-0.1, -0.05) is 0 Å². The molecule has 1 amide bonds. The third-order valence-electron chi connectivity index (χ3n) is 5.04. The summed E-state index contributed by atoms with van der Waals surface area (Å²) >= 11 is 1.95. The molecule has 7 nitrogen and oxygen atoms in total. The Labute approximate surface area is 160 Å². The maximum Gasteiger partial charge on any atom is 0.223 e. The lowest BCUT2D eigenvalue weighted by molar-refractivity contribution is -0.133. The molecule has 2 aliphatic rings. The van der Waals surface area contributed by atoms with Crippen LogP contribution in [0.1, 0.15) is 38.8 Å². The Morgan fingerprint density at radius 3 is 2.65 bits per heavy atom. The molecular formula is C18H30N6OS. The van der Waals surface area contributed by atoms with Crippen LogP contribution in [0.15, 0.2) is 17.4 Å². The van der Waals surface area contributed by atoms with Crippen molar-refractivity contribution in [2.75, 3.05) is 31.1 Å². The summed E-state index contributed by atoms with van der Waals surface area (Å²) in [5.74, 6) is 3.09. The number of amides is 1. The number of carbonyl (C=O) groups is 1. The molecular weight excluding hydrogens is 348 g/mol. The Bertz CT molecular complexity index is 673. The van der Waals surface area contributed by atoms with Crippen LogP contribution in [0, 0.1) is 5.92 Å². The highest BCUT2D eigenvalue weighted by atomic mass is 32.2. The van der Waals surface area contributed by atoms with Gasteiger partial charge in [0.1, 0.15) is 0 Å². The molecule has 2 fully saturated rings. The van der Waals surface area contributed by atoms with Crippen LogP contribution in [-0.2, 0) is 11.8 Å². The Balaban J connectivity index is 1.81.